The van der Waals surface area contributed by atoms with E-state index < -0.39 is 55.9 Å². The highest BCUT2D eigenvalue weighted by Crippen LogP contribution is 2.37. The molecule has 0 aliphatic carbocycles. The number of alkyl halides is 3. The molecule has 0 unspecified atom stereocenters. The largest absolute Gasteiger partial charge is 0.444 e. The molecule has 1 fully saturated rings. The van der Waals surface area contributed by atoms with Crippen LogP contribution >= 0.6 is 34.8 Å². The molecule has 0 saturated carbocycles. The smallest absolute Gasteiger partial charge is 0.418 e. The maximum atomic E-state index is 13.6. The number of carbonyl (C=O) groups is 2. The number of rotatable bonds is 7. The van der Waals surface area contributed by atoms with Gasteiger partial charge < -0.3 is 14.8 Å². The van der Waals surface area contributed by atoms with Crippen LogP contribution in [0.3, 0.4) is 0 Å². The maximum absolute atomic E-state index is 13.6. The molecular formula is C26H20Cl3F3N2O6S. The van der Waals surface area contributed by atoms with Gasteiger partial charge in [-0.3, -0.25) is 4.79 Å². The second-order valence-corrected chi connectivity index (χ2v) is 11.8. The summed E-state index contributed by atoms with van der Waals surface area (Å²) < 4.78 is 79.0. The minimum Gasteiger partial charge on any atom is -0.444 e. The third-order valence-electron chi connectivity index (χ3n) is 5.94. The number of benzene rings is 3. The van der Waals surface area contributed by atoms with Gasteiger partial charge in [0.1, 0.15) is 4.90 Å². The molecule has 1 saturated heterocycles. The minimum atomic E-state index is -4.86. The Bertz CT molecular complexity index is 1570. The molecule has 0 spiro atoms. The summed E-state index contributed by atoms with van der Waals surface area (Å²) in [5.74, 6) is -2.34. The van der Waals surface area contributed by atoms with Gasteiger partial charge in [-0.15, -0.1) is 0 Å². The van der Waals surface area contributed by atoms with Crippen molar-refractivity contribution in [2.75, 3.05) is 31.6 Å². The molecule has 3 aromatic rings. The van der Waals surface area contributed by atoms with Crippen LogP contribution in [-0.2, 0) is 30.5 Å². The summed E-state index contributed by atoms with van der Waals surface area (Å²) in [4.78, 5) is 26.1. The van der Waals surface area contributed by atoms with Crippen LogP contribution in [-0.4, -0.2) is 50.9 Å². The fraction of sp³-hybridized carbons (Fsp3) is 0.231. The summed E-state index contributed by atoms with van der Waals surface area (Å²) >= 11 is 18.1. The van der Waals surface area contributed by atoms with E-state index in [1.165, 1.54) is 24.3 Å². The zero-order valence-corrected chi connectivity index (χ0v) is 23.8. The molecule has 1 atom stereocenters. The Balaban J connectivity index is 1.68. The van der Waals surface area contributed by atoms with E-state index in [0.29, 0.717) is 6.07 Å². The number of sulfonamides is 1. The zero-order chi connectivity index (χ0) is 29.9. The van der Waals surface area contributed by atoms with Crippen LogP contribution in [0, 0.1) is 0 Å². The van der Waals surface area contributed by atoms with Crippen LogP contribution in [0.15, 0.2) is 65.6 Å². The first-order valence-corrected chi connectivity index (χ1v) is 14.4. The van der Waals surface area contributed by atoms with Gasteiger partial charge in [0, 0.05) is 23.7 Å². The van der Waals surface area contributed by atoms with E-state index in [0.717, 1.165) is 28.6 Å². The van der Waals surface area contributed by atoms with Crippen LogP contribution in [0.2, 0.25) is 15.1 Å². The van der Waals surface area contributed by atoms with Crippen molar-refractivity contribution in [3.05, 3.63) is 92.4 Å². The average molecular weight is 652 g/mol. The van der Waals surface area contributed by atoms with Crippen LogP contribution in [0.4, 0.5) is 18.9 Å². The van der Waals surface area contributed by atoms with Crippen molar-refractivity contribution in [1.82, 2.24) is 4.31 Å². The van der Waals surface area contributed by atoms with Crippen molar-refractivity contribution in [2.45, 2.75) is 17.2 Å². The fourth-order valence-corrected chi connectivity index (χ4v) is 6.34. The molecule has 0 aromatic heterocycles. The predicted octanol–water partition coefficient (Wildman–Crippen LogP) is 6.22. The summed E-state index contributed by atoms with van der Waals surface area (Å²) in [6.07, 6.45) is -6.61. The van der Waals surface area contributed by atoms with Crippen molar-refractivity contribution in [2.24, 2.45) is 0 Å². The highest BCUT2D eigenvalue weighted by Gasteiger charge is 2.36. The SMILES string of the molecule is O=C(O[C@H](C(=O)Nc1ccc(Cl)cc1C(F)(F)F)c1ccccc1)c1cc(S(=O)(=O)N2CCOCC2)c(Cl)cc1Cl. The average Bonchev–Trinajstić information content (AvgIpc) is 2.92. The van der Waals surface area contributed by atoms with Gasteiger partial charge in [0.05, 0.1) is 40.1 Å². The quantitative estimate of drug-likeness (QED) is 0.304. The topological polar surface area (TPSA) is 102 Å². The lowest BCUT2D eigenvalue weighted by atomic mass is 10.1. The van der Waals surface area contributed by atoms with Gasteiger partial charge >= 0.3 is 12.1 Å². The number of nitrogens with zero attached hydrogens (tertiary/aromatic N) is 1. The first kappa shape index (κ1) is 31.1. The number of morpholine rings is 1. The van der Waals surface area contributed by atoms with E-state index in [-0.39, 0.29) is 46.9 Å². The van der Waals surface area contributed by atoms with Gasteiger partial charge in [0.25, 0.3) is 5.91 Å². The minimum absolute atomic E-state index is 0.0575. The molecular weight excluding hydrogens is 632 g/mol. The van der Waals surface area contributed by atoms with E-state index >= 15 is 0 Å². The highest BCUT2D eigenvalue weighted by molar-refractivity contribution is 7.89. The van der Waals surface area contributed by atoms with Crippen molar-refractivity contribution < 1.29 is 40.7 Å². The van der Waals surface area contributed by atoms with Gasteiger partial charge in [-0.05, 0) is 30.3 Å². The Morgan fingerprint density at radius 2 is 1.61 bits per heavy atom. The zero-order valence-electron chi connectivity index (χ0n) is 20.8. The summed E-state index contributed by atoms with van der Waals surface area (Å²) in [5, 5.41) is 1.41. The first-order valence-electron chi connectivity index (χ1n) is 11.8. The molecule has 4 rings (SSSR count). The molecule has 1 heterocycles. The Kier molecular flexibility index (Phi) is 9.52. The Hall–Kier alpha value is -2.87. The van der Waals surface area contributed by atoms with Crippen molar-refractivity contribution in [3.63, 3.8) is 0 Å². The van der Waals surface area contributed by atoms with Crippen LogP contribution in [0.25, 0.3) is 0 Å². The number of esters is 1. The maximum Gasteiger partial charge on any atom is 0.418 e. The lowest BCUT2D eigenvalue weighted by Crippen LogP contribution is -2.40. The van der Waals surface area contributed by atoms with E-state index in [9.17, 15) is 31.2 Å². The summed E-state index contributed by atoms with van der Waals surface area (Å²) in [7, 11) is -4.17. The molecule has 1 aliphatic heterocycles. The van der Waals surface area contributed by atoms with Gasteiger partial charge in [-0.1, -0.05) is 65.1 Å². The third-order valence-corrected chi connectivity index (χ3v) is 8.85. The molecule has 15 heteroatoms. The third kappa shape index (κ3) is 7.14. The number of anilines is 1. The van der Waals surface area contributed by atoms with Crippen molar-refractivity contribution >= 4 is 62.4 Å². The Labute approximate surface area is 247 Å². The number of hydrogen-bond acceptors (Lipinski definition) is 6. The van der Waals surface area contributed by atoms with Crippen molar-refractivity contribution in [3.8, 4) is 0 Å². The Morgan fingerprint density at radius 1 is 0.951 bits per heavy atom. The number of amides is 1. The molecule has 3 aromatic carbocycles. The first-order chi connectivity index (χ1) is 19.3. The van der Waals surface area contributed by atoms with Crippen LogP contribution in [0.5, 0.6) is 0 Å². The number of nitrogens with one attached hydrogen (secondary N) is 1. The molecule has 1 amide bonds. The molecule has 218 valence electrons. The monoisotopic (exact) mass is 650 g/mol. The Morgan fingerprint density at radius 3 is 2.24 bits per heavy atom. The molecule has 0 bridgehead atoms. The van der Waals surface area contributed by atoms with Crippen LogP contribution in [0.1, 0.15) is 27.6 Å². The van der Waals surface area contributed by atoms with Gasteiger partial charge in [-0.2, -0.15) is 17.5 Å². The second-order valence-electron chi connectivity index (χ2n) is 8.65. The molecule has 1 aliphatic rings. The van der Waals surface area contributed by atoms with Gasteiger partial charge in [-0.25, -0.2) is 13.2 Å². The molecule has 1 N–H and O–H groups in total. The van der Waals surface area contributed by atoms with Crippen LogP contribution < -0.4 is 5.32 Å². The van der Waals surface area contributed by atoms with E-state index in [1.807, 2.05) is 0 Å². The predicted molar refractivity (Wildman–Crippen MR) is 146 cm³/mol. The number of carbonyl (C=O) groups excluding carboxylic acids is 2. The highest BCUT2D eigenvalue weighted by atomic mass is 35.5. The normalized spacial score (nSPS) is 15.3. The molecule has 8 nitrogen and oxygen atoms in total. The van der Waals surface area contributed by atoms with Crippen molar-refractivity contribution in [1.29, 1.82) is 0 Å². The lowest BCUT2D eigenvalue weighted by Gasteiger charge is -2.26. The number of hydrogen-bond donors (Lipinski definition) is 1. The number of ether oxygens (including phenoxy) is 2. The molecule has 0 radical (unpaired) electrons. The fourth-order valence-electron chi connectivity index (χ4n) is 3.94. The van der Waals surface area contributed by atoms with E-state index in [4.69, 9.17) is 44.3 Å². The second kappa shape index (κ2) is 12.6. The summed E-state index contributed by atoms with van der Waals surface area (Å²) in [6.45, 7) is 0.442. The lowest BCUT2D eigenvalue weighted by molar-refractivity contribution is -0.137. The van der Waals surface area contributed by atoms with E-state index in [2.05, 4.69) is 5.32 Å². The summed E-state index contributed by atoms with van der Waals surface area (Å²) in [5.41, 5.74) is -2.14. The van der Waals surface area contributed by atoms with Gasteiger partial charge in [0.2, 0.25) is 16.1 Å². The standard InChI is InChI=1S/C26H20Cl3F3N2O6S/c27-16-6-7-21(18(12-16)26(30,31)32)33-24(35)23(15-4-2-1-3-5-15)40-25(36)17-13-22(20(29)14-19(17)28)41(37,38)34-8-10-39-11-9-34/h1-7,12-14,23H,8-11H2,(H,33,35)/t23-/m0/s1. The van der Waals surface area contributed by atoms with Gasteiger partial charge in [0.15, 0.2) is 0 Å². The summed E-state index contributed by atoms with van der Waals surface area (Å²) in [6, 6.07) is 12.2. The number of halogens is 6. The van der Waals surface area contributed by atoms with E-state index in [1.54, 1.807) is 6.07 Å². The molecule has 41 heavy (non-hydrogen) atoms.